The summed E-state index contributed by atoms with van der Waals surface area (Å²) in [5, 5.41) is 3.37. The van der Waals surface area contributed by atoms with Crippen molar-refractivity contribution in [2.24, 2.45) is 0 Å². The van der Waals surface area contributed by atoms with E-state index >= 15 is 0 Å². The first-order chi connectivity index (χ1) is 8.25. The Bertz CT molecular complexity index is 340. The third-order valence-electron chi connectivity index (χ3n) is 3.29. The predicted molar refractivity (Wildman–Crippen MR) is 85.1 cm³/mol. The van der Waals surface area contributed by atoms with Gasteiger partial charge in [-0.3, -0.25) is 4.90 Å². The van der Waals surface area contributed by atoms with Crippen LogP contribution in [-0.2, 0) is 0 Å². The number of hydrogen-bond acceptors (Lipinski definition) is 3. The lowest BCUT2D eigenvalue weighted by atomic mass is 10.2. The number of ether oxygens (including phenoxy) is 1. The fourth-order valence-electron chi connectivity index (χ4n) is 2.08. The SMILES string of the molecule is Cc1ccc(OCC(C)N2CCNCC2)cc1.Cl.Cl. The molecule has 1 saturated heterocycles. The van der Waals surface area contributed by atoms with Crippen LogP contribution in [0.3, 0.4) is 0 Å². The van der Waals surface area contributed by atoms with Crippen LogP contribution in [0.1, 0.15) is 12.5 Å². The largest absolute Gasteiger partial charge is 0.492 e. The minimum absolute atomic E-state index is 0. The molecule has 0 aliphatic carbocycles. The molecule has 0 amide bonds. The van der Waals surface area contributed by atoms with Gasteiger partial charge in [-0.2, -0.15) is 0 Å². The van der Waals surface area contributed by atoms with E-state index < -0.39 is 0 Å². The monoisotopic (exact) mass is 306 g/mol. The fraction of sp³-hybridized carbons (Fsp3) is 0.571. The van der Waals surface area contributed by atoms with Gasteiger partial charge in [-0.25, -0.2) is 0 Å². The van der Waals surface area contributed by atoms with Gasteiger partial charge in [0.1, 0.15) is 12.4 Å². The van der Waals surface area contributed by atoms with Crippen LogP contribution < -0.4 is 10.1 Å². The highest BCUT2D eigenvalue weighted by molar-refractivity contribution is 5.85. The maximum absolute atomic E-state index is 5.81. The first-order valence-electron chi connectivity index (χ1n) is 6.40. The van der Waals surface area contributed by atoms with Gasteiger partial charge < -0.3 is 10.1 Å². The molecule has 5 heteroatoms. The second-order valence-electron chi connectivity index (χ2n) is 4.76. The van der Waals surface area contributed by atoms with E-state index in [-0.39, 0.29) is 24.8 Å². The van der Waals surface area contributed by atoms with E-state index in [2.05, 4.69) is 36.2 Å². The molecule has 3 nitrogen and oxygen atoms in total. The van der Waals surface area contributed by atoms with E-state index in [1.54, 1.807) is 0 Å². The first-order valence-corrected chi connectivity index (χ1v) is 6.40. The maximum atomic E-state index is 5.81. The molecule has 110 valence electrons. The van der Waals surface area contributed by atoms with Gasteiger partial charge in [0, 0.05) is 32.2 Å². The van der Waals surface area contributed by atoms with Crippen molar-refractivity contribution in [3.63, 3.8) is 0 Å². The number of benzene rings is 1. The maximum Gasteiger partial charge on any atom is 0.119 e. The van der Waals surface area contributed by atoms with Crippen molar-refractivity contribution in [2.45, 2.75) is 19.9 Å². The van der Waals surface area contributed by atoms with Crippen molar-refractivity contribution < 1.29 is 4.74 Å². The lowest BCUT2D eigenvalue weighted by Gasteiger charge is -2.32. The van der Waals surface area contributed by atoms with Gasteiger partial charge in [-0.1, -0.05) is 17.7 Å². The second-order valence-corrected chi connectivity index (χ2v) is 4.76. The molecule has 1 atom stereocenters. The Kier molecular flexibility index (Phi) is 9.19. The van der Waals surface area contributed by atoms with Crippen LogP contribution in [-0.4, -0.2) is 43.7 Å². The van der Waals surface area contributed by atoms with Crippen LogP contribution in [0, 0.1) is 6.92 Å². The zero-order chi connectivity index (χ0) is 12.1. The van der Waals surface area contributed by atoms with Gasteiger partial charge in [0.15, 0.2) is 0 Å². The van der Waals surface area contributed by atoms with Crippen LogP contribution in [0.4, 0.5) is 0 Å². The molecular weight excluding hydrogens is 283 g/mol. The molecule has 0 bridgehead atoms. The van der Waals surface area contributed by atoms with E-state index in [1.165, 1.54) is 5.56 Å². The van der Waals surface area contributed by atoms with Crippen molar-refractivity contribution in [3.8, 4) is 5.75 Å². The lowest BCUT2D eigenvalue weighted by molar-refractivity contribution is 0.132. The van der Waals surface area contributed by atoms with Crippen molar-refractivity contribution in [1.29, 1.82) is 0 Å². The van der Waals surface area contributed by atoms with Gasteiger partial charge in [-0.05, 0) is 26.0 Å². The Balaban J connectivity index is 0.00000162. The number of aryl methyl sites for hydroxylation is 1. The molecule has 19 heavy (non-hydrogen) atoms. The molecule has 1 fully saturated rings. The average Bonchev–Trinajstić information content (AvgIpc) is 2.39. The molecule has 2 rings (SSSR count). The first kappa shape index (κ1) is 18.5. The van der Waals surface area contributed by atoms with Crippen LogP contribution in [0.25, 0.3) is 0 Å². The van der Waals surface area contributed by atoms with Gasteiger partial charge in [0.25, 0.3) is 0 Å². The Labute approximate surface area is 128 Å². The van der Waals surface area contributed by atoms with E-state index in [1.807, 2.05) is 12.1 Å². The minimum Gasteiger partial charge on any atom is -0.492 e. The molecule has 1 aliphatic heterocycles. The quantitative estimate of drug-likeness (QED) is 0.925. The summed E-state index contributed by atoms with van der Waals surface area (Å²) >= 11 is 0. The molecule has 0 saturated carbocycles. The average molecular weight is 307 g/mol. The van der Waals surface area contributed by atoms with Crippen LogP contribution in [0.2, 0.25) is 0 Å². The number of piperazine rings is 1. The number of nitrogens with zero attached hydrogens (tertiary/aromatic N) is 1. The summed E-state index contributed by atoms with van der Waals surface area (Å²) in [5.41, 5.74) is 1.27. The highest BCUT2D eigenvalue weighted by Crippen LogP contribution is 2.12. The Morgan fingerprint density at radius 3 is 2.32 bits per heavy atom. The third-order valence-corrected chi connectivity index (χ3v) is 3.29. The minimum atomic E-state index is 0. The smallest absolute Gasteiger partial charge is 0.119 e. The van der Waals surface area contributed by atoms with Gasteiger partial charge in [0.05, 0.1) is 0 Å². The van der Waals surface area contributed by atoms with E-state index in [0.29, 0.717) is 6.04 Å². The van der Waals surface area contributed by atoms with Crippen molar-refractivity contribution >= 4 is 24.8 Å². The molecule has 1 unspecified atom stereocenters. The van der Waals surface area contributed by atoms with Gasteiger partial charge in [0.2, 0.25) is 0 Å². The summed E-state index contributed by atoms with van der Waals surface area (Å²) in [6, 6.07) is 8.74. The lowest BCUT2D eigenvalue weighted by Crippen LogP contribution is -2.49. The molecule has 0 radical (unpaired) electrons. The molecule has 1 aromatic rings. The van der Waals surface area contributed by atoms with Crippen molar-refractivity contribution in [3.05, 3.63) is 29.8 Å². The normalized spacial score (nSPS) is 16.9. The predicted octanol–water partition coefficient (Wildman–Crippen LogP) is 2.51. The van der Waals surface area contributed by atoms with E-state index in [4.69, 9.17) is 4.74 Å². The summed E-state index contributed by atoms with van der Waals surface area (Å²) in [6.45, 7) is 9.52. The zero-order valence-corrected chi connectivity index (χ0v) is 13.2. The number of hydrogen-bond donors (Lipinski definition) is 1. The molecule has 0 spiro atoms. The topological polar surface area (TPSA) is 24.5 Å². The zero-order valence-electron chi connectivity index (χ0n) is 11.6. The van der Waals surface area contributed by atoms with Crippen LogP contribution in [0.5, 0.6) is 5.75 Å². The molecule has 1 aromatic carbocycles. The molecule has 1 heterocycles. The van der Waals surface area contributed by atoms with Gasteiger partial charge in [-0.15, -0.1) is 24.8 Å². The summed E-state index contributed by atoms with van der Waals surface area (Å²) in [6.07, 6.45) is 0. The third kappa shape index (κ3) is 6.00. The van der Waals surface area contributed by atoms with E-state index in [9.17, 15) is 0 Å². The number of nitrogens with one attached hydrogen (secondary N) is 1. The fourth-order valence-corrected chi connectivity index (χ4v) is 2.08. The molecular formula is C14H24Cl2N2O. The Morgan fingerprint density at radius 2 is 1.74 bits per heavy atom. The van der Waals surface area contributed by atoms with Crippen LogP contribution in [0.15, 0.2) is 24.3 Å². The van der Waals surface area contributed by atoms with Crippen molar-refractivity contribution in [1.82, 2.24) is 10.2 Å². The molecule has 1 aliphatic rings. The summed E-state index contributed by atoms with van der Waals surface area (Å²) in [7, 11) is 0. The Hall–Kier alpha value is -0.480. The van der Waals surface area contributed by atoms with Gasteiger partial charge >= 0.3 is 0 Å². The second kappa shape index (κ2) is 9.43. The Morgan fingerprint density at radius 1 is 1.16 bits per heavy atom. The van der Waals surface area contributed by atoms with Crippen molar-refractivity contribution in [2.75, 3.05) is 32.8 Å². The summed E-state index contributed by atoms with van der Waals surface area (Å²) in [5.74, 6) is 0.970. The summed E-state index contributed by atoms with van der Waals surface area (Å²) < 4.78 is 5.81. The highest BCUT2D eigenvalue weighted by Gasteiger charge is 2.16. The van der Waals surface area contributed by atoms with Crippen LogP contribution >= 0.6 is 24.8 Å². The molecule has 1 N–H and O–H groups in total. The highest BCUT2D eigenvalue weighted by atomic mass is 35.5. The summed E-state index contributed by atoms with van der Waals surface area (Å²) in [4.78, 5) is 2.48. The standard InChI is InChI=1S/C14H22N2O.2ClH/c1-12-3-5-14(6-4-12)17-11-13(2)16-9-7-15-8-10-16;;/h3-6,13,15H,7-11H2,1-2H3;2*1H. The van der Waals surface area contributed by atoms with E-state index in [0.717, 1.165) is 38.5 Å². The molecule has 0 aromatic heterocycles. The number of rotatable bonds is 4. The number of halogens is 2.